The van der Waals surface area contributed by atoms with Crippen molar-refractivity contribution in [3.63, 3.8) is 0 Å². The lowest BCUT2D eigenvalue weighted by atomic mass is 10.1. The van der Waals surface area contributed by atoms with Gasteiger partial charge in [-0.15, -0.1) is 0 Å². The molecule has 3 heterocycles. The highest BCUT2D eigenvalue weighted by Crippen LogP contribution is 2.18. The largest absolute Gasteiger partial charge is 0.497 e. The molecule has 2 aliphatic rings. The molecule has 1 N–H and O–H groups in total. The van der Waals surface area contributed by atoms with E-state index in [9.17, 15) is 9.59 Å². The van der Waals surface area contributed by atoms with Crippen LogP contribution in [0.2, 0.25) is 0 Å². The van der Waals surface area contributed by atoms with Crippen molar-refractivity contribution in [1.82, 2.24) is 24.9 Å². The second-order valence-corrected chi connectivity index (χ2v) is 7.78. The Morgan fingerprint density at radius 2 is 1.94 bits per heavy atom. The highest BCUT2D eigenvalue weighted by Gasteiger charge is 2.28. The summed E-state index contributed by atoms with van der Waals surface area (Å²) in [6, 6.07) is 9.27. The number of morpholine rings is 1. The first-order chi connectivity index (χ1) is 15.1. The molecule has 0 atom stereocenters. The van der Waals surface area contributed by atoms with Crippen LogP contribution in [0.3, 0.4) is 0 Å². The van der Waals surface area contributed by atoms with Crippen molar-refractivity contribution in [2.24, 2.45) is 0 Å². The van der Waals surface area contributed by atoms with Gasteiger partial charge in [0, 0.05) is 38.8 Å². The summed E-state index contributed by atoms with van der Waals surface area (Å²) >= 11 is 0. The van der Waals surface area contributed by atoms with E-state index in [1.165, 1.54) is 0 Å². The van der Waals surface area contributed by atoms with Crippen molar-refractivity contribution in [3.05, 3.63) is 47.3 Å². The Morgan fingerprint density at radius 1 is 1.16 bits per heavy atom. The second-order valence-electron chi connectivity index (χ2n) is 7.78. The predicted octanol–water partition coefficient (Wildman–Crippen LogP) is 1.000. The highest BCUT2D eigenvalue weighted by atomic mass is 16.5. The molecule has 0 radical (unpaired) electrons. The third-order valence-electron chi connectivity index (χ3n) is 5.67. The SMILES string of the molecule is COc1ccc(CN2CCn3nc(C(=O)NCCCN4CCOCC4)cc3C2=O)cc1. The summed E-state index contributed by atoms with van der Waals surface area (Å²) in [5.41, 5.74) is 1.78. The molecule has 0 bridgehead atoms. The minimum absolute atomic E-state index is 0.110. The number of ether oxygens (including phenoxy) is 2. The number of rotatable bonds is 8. The number of nitrogens with one attached hydrogen (secondary N) is 1. The molecule has 0 aliphatic carbocycles. The summed E-state index contributed by atoms with van der Waals surface area (Å²) in [6.07, 6.45) is 0.869. The number of hydrogen-bond acceptors (Lipinski definition) is 6. The minimum atomic E-state index is -0.238. The molecular weight excluding hydrogens is 398 g/mol. The van der Waals surface area contributed by atoms with Gasteiger partial charge in [0.05, 0.1) is 26.9 Å². The molecule has 166 valence electrons. The molecule has 1 fully saturated rings. The van der Waals surface area contributed by atoms with Crippen LogP contribution in [0.15, 0.2) is 30.3 Å². The number of carbonyl (C=O) groups is 2. The van der Waals surface area contributed by atoms with Gasteiger partial charge in [-0.3, -0.25) is 19.2 Å². The molecule has 2 aromatic rings. The van der Waals surface area contributed by atoms with E-state index in [1.807, 2.05) is 24.3 Å². The summed E-state index contributed by atoms with van der Waals surface area (Å²) < 4.78 is 12.2. The van der Waals surface area contributed by atoms with Crippen LogP contribution < -0.4 is 10.1 Å². The Bertz CT molecular complexity index is 905. The molecule has 31 heavy (non-hydrogen) atoms. The number of carbonyl (C=O) groups excluding carboxylic acids is 2. The van der Waals surface area contributed by atoms with E-state index in [4.69, 9.17) is 9.47 Å². The minimum Gasteiger partial charge on any atom is -0.497 e. The molecule has 0 saturated carbocycles. The molecule has 0 spiro atoms. The number of nitrogens with zero attached hydrogens (tertiary/aromatic N) is 4. The molecule has 2 amide bonds. The highest BCUT2D eigenvalue weighted by molar-refractivity contribution is 5.98. The smallest absolute Gasteiger partial charge is 0.272 e. The van der Waals surface area contributed by atoms with Gasteiger partial charge in [0.1, 0.15) is 11.4 Å². The number of benzene rings is 1. The van der Waals surface area contributed by atoms with Crippen LogP contribution in [-0.4, -0.2) is 84.4 Å². The van der Waals surface area contributed by atoms with Gasteiger partial charge in [-0.2, -0.15) is 5.10 Å². The molecule has 0 unspecified atom stereocenters. The van der Waals surface area contributed by atoms with E-state index < -0.39 is 0 Å². The fraction of sp³-hybridized carbons (Fsp3) is 0.500. The number of amides is 2. The first-order valence-corrected chi connectivity index (χ1v) is 10.7. The third kappa shape index (κ3) is 5.23. The Labute approximate surface area is 181 Å². The molecule has 1 aromatic heterocycles. The van der Waals surface area contributed by atoms with Crippen LogP contribution in [-0.2, 0) is 17.8 Å². The van der Waals surface area contributed by atoms with Crippen LogP contribution in [0.25, 0.3) is 0 Å². The van der Waals surface area contributed by atoms with E-state index in [0.29, 0.717) is 37.6 Å². The normalized spacial score (nSPS) is 16.8. The Hall–Kier alpha value is -2.91. The molecule has 4 rings (SSSR count). The van der Waals surface area contributed by atoms with Gasteiger partial charge in [-0.1, -0.05) is 12.1 Å². The first kappa shape index (κ1) is 21.3. The monoisotopic (exact) mass is 427 g/mol. The molecule has 1 aromatic carbocycles. The lowest BCUT2D eigenvalue weighted by molar-refractivity contribution is 0.0374. The van der Waals surface area contributed by atoms with Crippen molar-refractivity contribution < 1.29 is 19.1 Å². The lowest BCUT2D eigenvalue weighted by Gasteiger charge is -2.27. The number of fused-ring (bicyclic) bond motifs is 1. The molecule has 9 nitrogen and oxygen atoms in total. The zero-order valence-corrected chi connectivity index (χ0v) is 17.9. The van der Waals surface area contributed by atoms with Crippen molar-refractivity contribution in [1.29, 1.82) is 0 Å². The van der Waals surface area contributed by atoms with Crippen LogP contribution >= 0.6 is 0 Å². The maximum atomic E-state index is 12.9. The summed E-state index contributed by atoms with van der Waals surface area (Å²) in [7, 11) is 1.63. The molecular formula is C22H29N5O4. The second kappa shape index (κ2) is 9.93. The molecule has 2 aliphatic heterocycles. The van der Waals surface area contributed by atoms with Crippen LogP contribution in [0, 0.1) is 0 Å². The van der Waals surface area contributed by atoms with Gasteiger partial charge in [0.15, 0.2) is 5.69 Å². The number of hydrogen-bond donors (Lipinski definition) is 1. The van der Waals surface area contributed by atoms with E-state index in [1.54, 1.807) is 22.8 Å². The standard InChI is InChI=1S/C22H29N5O4/c1-30-18-5-3-17(4-6-18)16-26-9-10-27-20(22(26)29)15-19(24-27)21(28)23-7-2-8-25-11-13-31-14-12-25/h3-6,15H,2,7-14,16H2,1H3,(H,23,28). The third-order valence-corrected chi connectivity index (χ3v) is 5.67. The van der Waals surface area contributed by atoms with Gasteiger partial charge in [0.25, 0.3) is 11.8 Å². The lowest BCUT2D eigenvalue weighted by Crippen LogP contribution is -2.39. The number of aromatic nitrogens is 2. The fourth-order valence-electron chi connectivity index (χ4n) is 3.87. The summed E-state index contributed by atoms with van der Waals surface area (Å²) in [6.45, 7) is 6.58. The Kier molecular flexibility index (Phi) is 6.83. The van der Waals surface area contributed by atoms with Crippen LogP contribution in [0.5, 0.6) is 5.75 Å². The van der Waals surface area contributed by atoms with E-state index in [2.05, 4.69) is 15.3 Å². The summed E-state index contributed by atoms with van der Waals surface area (Å²) in [4.78, 5) is 29.5. The zero-order valence-electron chi connectivity index (χ0n) is 17.9. The fourth-order valence-corrected chi connectivity index (χ4v) is 3.87. The van der Waals surface area contributed by atoms with Gasteiger partial charge in [-0.25, -0.2) is 0 Å². The van der Waals surface area contributed by atoms with Crippen molar-refractivity contribution in [2.45, 2.75) is 19.5 Å². The first-order valence-electron chi connectivity index (χ1n) is 10.7. The maximum Gasteiger partial charge on any atom is 0.272 e. The maximum absolute atomic E-state index is 12.9. The predicted molar refractivity (Wildman–Crippen MR) is 114 cm³/mol. The van der Waals surface area contributed by atoms with Crippen molar-refractivity contribution in [2.75, 3.05) is 53.0 Å². The topological polar surface area (TPSA) is 88.9 Å². The summed E-state index contributed by atoms with van der Waals surface area (Å²) in [5.74, 6) is 0.437. The Morgan fingerprint density at radius 3 is 2.68 bits per heavy atom. The van der Waals surface area contributed by atoms with E-state index in [-0.39, 0.29) is 11.8 Å². The van der Waals surface area contributed by atoms with E-state index in [0.717, 1.165) is 50.6 Å². The van der Waals surface area contributed by atoms with Gasteiger partial charge >= 0.3 is 0 Å². The zero-order chi connectivity index (χ0) is 21.6. The summed E-state index contributed by atoms with van der Waals surface area (Å²) in [5, 5.41) is 7.26. The average molecular weight is 428 g/mol. The van der Waals surface area contributed by atoms with Gasteiger partial charge in [0.2, 0.25) is 0 Å². The van der Waals surface area contributed by atoms with Crippen molar-refractivity contribution >= 4 is 11.8 Å². The van der Waals surface area contributed by atoms with Crippen molar-refractivity contribution in [3.8, 4) is 5.75 Å². The van der Waals surface area contributed by atoms with Crippen LogP contribution in [0.1, 0.15) is 33.0 Å². The molecule has 1 saturated heterocycles. The number of methoxy groups -OCH3 is 1. The van der Waals surface area contributed by atoms with E-state index >= 15 is 0 Å². The Balaban J connectivity index is 1.30. The average Bonchev–Trinajstić information content (AvgIpc) is 3.25. The van der Waals surface area contributed by atoms with Crippen LogP contribution in [0.4, 0.5) is 0 Å². The van der Waals surface area contributed by atoms with Gasteiger partial charge < -0.3 is 19.7 Å². The van der Waals surface area contributed by atoms with Gasteiger partial charge in [-0.05, 0) is 30.7 Å². The quantitative estimate of drug-likeness (QED) is 0.633. The molecule has 9 heteroatoms.